The molecule has 3 rings (SSSR count). The van der Waals surface area contributed by atoms with Gasteiger partial charge in [0.15, 0.2) is 15.0 Å². The molecule has 0 spiro atoms. The summed E-state index contributed by atoms with van der Waals surface area (Å²) in [6, 6.07) is 9.95. The van der Waals surface area contributed by atoms with Crippen LogP contribution in [0.2, 0.25) is 5.02 Å². The lowest BCUT2D eigenvalue weighted by Gasteiger charge is -2.05. The minimum absolute atomic E-state index is 0.0557. The molecule has 3 amide bonds. The van der Waals surface area contributed by atoms with Gasteiger partial charge in [0, 0.05) is 5.41 Å². The van der Waals surface area contributed by atoms with Crippen molar-refractivity contribution in [3.05, 3.63) is 65.0 Å². The molecule has 0 fully saturated rings. The number of amides is 3. The minimum atomic E-state index is -3.58. The van der Waals surface area contributed by atoms with Crippen molar-refractivity contribution in [2.75, 3.05) is 5.32 Å². The number of halogens is 1. The lowest BCUT2D eigenvalue weighted by molar-refractivity contribution is 0.0967. The molecule has 1 heterocycles. The van der Waals surface area contributed by atoms with Gasteiger partial charge in [0.1, 0.15) is 0 Å². The summed E-state index contributed by atoms with van der Waals surface area (Å²) in [6.07, 6.45) is 0. The van der Waals surface area contributed by atoms with Crippen LogP contribution in [-0.2, 0) is 9.84 Å². The van der Waals surface area contributed by atoms with Crippen LogP contribution in [0, 0.1) is 0 Å². The zero-order valence-electron chi connectivity index (χ0n) is 13.6. The summed E-state index contributed by atoms with van der Waals surface area (Å²) >= 11 is 7.06. The van der Waals surface area contributed by atoms with Crippen LogP contribution in [0.5, 0.6) is 0 Å². The zero-order valence-corrected chi connectivity index (χ0v) is 16.0. The van der Waals surface area contributed by atoms with Crippen LogP contribution in [0.15, 0.2) is 59.3 Å². The van der Waals surface area contributed by atoms with Crippen molar-refractivity contribution in [3.63, 3.8) is 0 Å². The van der Waals surface area contributed by atoms with Crippen molar-refractivity contribution >= 4 is 60.1 Å². The van der Waals surface area contributed by atoms with Crippen LogP contribution >= 0.6 is 22.9 Å². The summed E-state index contributed by atoms with van der Waals surface area (Å²) in [5.41, 5.74) is 0.563. The summed E-state index contributed by atoms with van der Waals surface area (Å²) in [5.74, 6) is -0.654. The number of hydrogen-bond acceptors (Lipinski definition) is 6. The van der Waals surface area contributed by atoms with Crippen molar-refractivity contribution in [1.29, 1.82) is 0 Å². The highest BCUT2D eigenvalue weighted by atomic mass is 35.5. The van der Waals surface area contributed by atoms with Gasteiger partial charge in [-0.3, -0.25) is 15.4 Å². The molecule has 7 nitrogen and oxygen atoms in total. The van der Waals surface area contributed by atoms with Gasteiger partial charge in [-0.25, -0.2) is 18.2 Å². The molecule has 1 aromatic heterocycles. The first-order valence-corrected chi connectivity index (χ1v) is 10.2. The molecular weight excluding hydrogens is 410 g/mol. The monoisotopic (exact) mass is 421 g/mol. The average Bonchev–Trinajstić information content (AvgIpc) is 3.03. The first-order valence-electron chi connectivity index (χ1n) is 7.45. The van der Waals surface area contributed by atoms with Crippen LogP contribution in [0.1, 0.15) is 10.4 Å². The quantitative estimate of drug-likeness (QED) is 0.666. The number of sulfone groups is 1. The van der Waals surface area contributed by atoms with Gasteiger partial charge in [-0.05, 0) is 30.3 Å². The lowest BCUT2D eigenvalue weighted by atomic mass is 10.2. The number of nitrogens with one attached hydrogen (secondary N) is 2. The molecule has 0 atom stereocenters. The first-order chi connectivity index (χ1) is 12.8. The van der Waals surface area contributed by atoms with Gasteiger partial charge in [0.2, 0.25) is 0 Å². The van der Waals surface area contributed by atoms with E-state index in [2.05, 4.69) is 22.2 Å². The normalized spacial score (nSPS) is 11.1. The van der Waals surface area contributed by atoms with Gasteiger partial charge in [0.05, 0.1) is 25.7 Å². The van der Waals surface area contributed by atoms with E-state index in [0.29, 0.717) is 10.2 Å². The Balaban J connectivity index is 1.76. The number of carbonyl (C=O) groups is 2. The Hall–Kier alpha value is -2.75. The third-order valence-electron chi connectivity index (χ3n) is 3.47. The number of urea groups is 1. The number of thiazole rings is 1. The van der Waals surface area contributed by atoms with Gasteiger partial charge in [0.25, 0.3) is 5.91 Å². The highest BCUT2D eigenvalue weighted by Gasteiger charge is 2.16. The van der Waals surface area contributed by atoms with E-state index < -0.39 is 21.8 Å². The van der Waals surface area contributed by atoms with Crippen LogP contribution < -0.4 is 10.6 Å². The number of rotatable bonds is 4. The fourth-order valence-corrected chi connectivity index (χ4v) is 3.97. The predicted octanol–water partition coefficient (Wildman–Crippen LogP) is 3.83. The van der Waals surface area contributed by atoms with Crippen molar-refractivity contribution < 1.29 is 18.0 Å². The summed E-state index contributed by atoms with van der Waals surface area (Å²) in [6.45, 7) is 3.28. The van der Waals surface area contributed by atoms with E-state index in [4.69, 9.17) is 11.6 Å². The fraction of sp³-hybridized carbons (Fsp3) is 0. The molecule has 0 saturated carbocycles. The Labute approximate surface area is 163 Å². The number of hydrogen-bond donors (Lipinski definition) is 2. The molecule has 0 bridgehead atoms. The number of benzene rings is 2. The molecule has 0 aliphatic carbocycles. The molecule has 3 aromatic rings. The third kappa shape index (κ3) is 4.16. The molecule has 0 unspecified atom stereocenters. The van der Waals surface area contributed by atoms with E-state index >= 15 is 0 Å². The highest BCUT2D eigenvalue weighted by Crippen LogP contribution is 2.28. The van der Waals surface area contributed by atoms with Crippen LogP contribution in [0.4, 0.5) is 9.93 Å². The Morgan fingerprint density at radius 2 is 1.93 bits per heavy atom. The number of fused-ring (bicyclic) bond motifs is 1. The van der Waals surface area contributed by atoms with Crippen molar-refractivity contribution in [2.45, 2.75) is 4.90 Å². The number of nitrogens with zero attached hydrogens (tertiary/aromatic N) is 1. The highest BCUT2D eigenvalue weighted by molar-refractivity contribution is 7.94. The SMILES string of the molecule is C=CS(=O)(=O)c1ccc2sc(NC(=O)NC(=O)c3ccccc3Cl)nc2c1. The van der Waals surface area contributed by atoms with E-state index in [1.54, 1.807) is 18.2 Å². The Kier molecular flexibility index (Phi) is 5.26. The molecule has 27 heavy (non-hydrogen) atoms. The summed E-state index contributed by atoms with van der Waals surface area (Å²) in [7, 11) is -3.58. The zero-order chi connectivity index (χ0) is 19.6. The second kappa shape index (κ2) is 7.47. The number of anilines is 1. The molecular formula is C17H12ClN3O4S2. The van der Waals surface area contributed by atoms with Crippen LogP contribution in [-0.4, -0.2) is 25.3 Å². The fourth-order valence-electron chi connectivity index (χ4n) is 2.18. The summed E-state index contributed by atoms with van der Waals surface area (Å²) in [4.78, 5) is 28.3. The van der Waals surface area contributed by atoms with Crippen LogP contribution in [0.25, 0.3) is 10.2 Å². The molecule has 138 valence electrons. The van der Waals surface area contributed by atoms with E-state index in [1.807, 2.05) is 0 Å². The van der Waals surface area contributed by atoms with E-state index in [-0.39, 0.29) is 20.6 Å². The standard InChI is InChI=1S/C17H12ClN3O4S2/c1-2-27(24,25)10-7-8-14-13(9-10)19-17(26-14)21-16(23)20-15(22)11-5-3-4-6-12(11)18/h2-9H,1H2,(H2,19,20,21,22,23). The second-order valence-corrected chi connectivity index (χ2v) is 8.58. The summed E-state index contributed by atoms with van der Waals surface area (Å²) < 4.78 is 24.4. The van der Waals surface area contributed by atoms with Gasteiger partial charge in [-0.1, -0.05) is 41.6 Å². The number of carbonyl (C=O) groups excluding carboxylic acids is 2. The van der Waals surface area contributed by atoms with Gasteiger partial charge >= 0.3 is 6.03 Å². The predicted molar refractivity (Wildman–Crippen MR) is 105 cm³/mol. The topological polar surface area (TPSA) is 105 Å². The summed E-state index contributed by atoms with van der Waals surface area (Å²) in [5, 5.41) is 5.89. The Bertz CT molecular complexity index is 1170. The maximum atomic E-state index is 12.1. The molecule has 0 radical (unpaired) electrons. The largest absolute Gasteiger partial charge is 0.327 e. The van der Waals surface area contributed by atoms with E-state index in [1.165, 1.54) is 24.3 Å². The Morgan fingerprint density at radius 3 is 2.63 bits per heavy atom. The Morgan fingerprint density at radius 1 is 1.19 bits per heavy atom. The molecule has 0 aliphatic heterocycles. The smallest absolute Gasteiger partial charge is 0.283 e. The molecule has 0 saturated heterocycles. The van der Waals surface area contributed by atoms with Gasteiger partial charge in [-0.15, -0.1) is 0 Å². The van der Waals surface area contributed by atoms with E-state index in [9.17, 15) is 18.0 Å². The van der Waals surface area contributed by atoms with Crippen LogP contribution in [0.3, 0.4) is 0 Å². The van der Waals surface area contributed by atoms with Gasteiger partial charge < -0.3 is 0 Å². The third-order valence-corrected chi connectivity index (χ3v) is 6.10. The first kappa shape index (κ1) is 19.0. The second-order valence-electron chi connectivity index (χ2n) is 5.25. The molecule has 2 N–H and O–H groups in total. The molecule has 10 heteroatoms. The van der Waals surface area contributed by atoms with Gasteiger partial charge in [-0.2, -0.15) is 0 Å². The minimum Gasteiger partial charge on any atom is -0.283 e. The lowest BCUT2D eigenvalue weighted by Crippen LogP contribution is -2.34. The van der Waals surface area contributed by atoms with Crippen molar-refractivity contribution in [1.82, 2.24) is 10.3 Å². The maximum absolute atomic E-state index is 12.1. The number of aromatic nitrogens is 1. The average molecular weight is 422 g/mol. The van der Waals surface area contributed by atoms with E-state index in [0.717, 1.165) is 16.7 Å². The number of imide groups is 1. The maximum Gasteiger partial charge on any atom is 0.327 e. The van der Waals surface area contributed by atoms with Crippen molar-refractivity contribution in [2.24, 2.45) is 0 Å². The van der Waals surface area contributed by atoms with Crippen molar-refractivity contribution in [3.8, 4) is 0 Å². The molecule has 0 aliphatic rings. The molecule has 2 aromatic carbocycles.